The van der Waals surface area contributed by atoms with Gasteiger partial charge in [-0.2, -0.15) is 17.5 Å². The first-order valence-corrected chi connectivity index (χ1v) is 17.6. The van der Waals surface area contributed by atoms with Crippen LogP contribution < -0.4 is 0 Å². The van der Waals surface area contributed by atoms with Crippen molar-refractivity contribution in [3.05, 3.63) is 65.7 Å². The Morgan fingerprint density at radius 1 is 0.932 bits per heavy atom. The molecule has 1 amide bonds. The summed E-state index contributed by atoms with van der Waals surface area (Å²) in [5.41, 5.74) is 0.615. The summed E-state index contributed by atoms with van der Waals surface area (Å²) >= 11 is 0. The molecule has 6 nitrogen and oxygen atoms in total. The van der Waals surface area contributed by atoms with E-state index in [0.29, 0.717) is 31.4 Å². The van der Waals surface area contributed by atoms with Gasteiger partial charge in [-0.1, -0.05) is 42.8 Å². The Morgan fingerprint density at radius 2 is 1.61 bits per heavy atom. The Bertz CT molecular complexity index is 1350. The van der Waals surface area contributed by atoms with E-state index in [1.807, 2.05) is 0 Å². The fourth-order valence-electron chi connectivity index (χ4n) is 7.60. The van der Waals surface area contributed by atoms with E-state index in [0.717, 1.165) is 57.1 Å². The number of carbonyl (C=O) groups is 1. The molecule has 0 N–H and O–H groups in total. The van der Waals surface area contributed by atoms with Gasteiger partial charge in [-0.05, 0) is 107 Å². The molecule has 2 aliphatic heterocycles. The smallest absolute Gasteiger partial charge is 0.346 e. The highest BCUT2D eigenvalue weighted by molar-refractivity contribution is 7.89. The van der Waals surface area contributed by atoms with Gasteiger partial charge in [-0.15, -0.1) is 0 Å². The maximum atomic E-state index is 13.5. The third-order valence-corrected chi connectivity index (χ3v) is 12.2. The quantitative estimate of drug-likeness (QED) is 0.290. The van der Waals surface area contributed by atoms with Gasteiger partial charge >= 0.3 is 6.18 Å². The van der Waals surface area contributed by atoms with E-state index in [1.165, 1.54) is 41.9 Å². The molecular formula is C34H46F3N3O3S. The minimum Gasteiger partial charge on any atom is -0.346 e. The van der Waals surface area contributed by atoms with E-state index < -0.39 is 27.8 Å². The molecular weight excluding hydrogens is 587 g/mol. The summed E-state index contributed by atoms with van der Waals surface area (Å²) in [4.78, 5) is 17.4. The van der Waals surface area contributed by atoms with Crippen molar-refractivity contribution in [2.24, 2.45) is 5.92 Å². The summed E-state index contributed by atoms with van der Waals surface area (Å²) in [5.74, 6) is 0.427. The van der Waals surface area contributed by atoms with Gasteiger partial charge in [0.25, 0.3) is 0 Å². The van der Waals surface area contributed by atoms with Gasteiger partial charge in [0, 0.05) is 38.1 Å². The highest BCUT2D eigenvalue weighted by Crippen LogP contribution is 2.42. The van der Waals surface area contributed by atoms with Gasteiger partial charge in [0.2, 0.25) is 15.9 Å². The lowest BCUT2D eigenvalue weighted by molar-refractivity contribution is -0.137. The van der Waals surface area contributed by atoms with Gasteiger partial charge in [0.1, 0.15) is 0 Å². The zero-order valence-corrected chi connectivity index (χ0v) is 26.6. The van der Waals surface area contributed by atoms with E-state index in [2.05, 4.69) is 35.2 Å². The SMILES string of the molecule is CN(CCC1CCC(Cc2ccccc2)(N2CCCC2)CC1)C(=O)CC1CCCCN1S(=O)(=O)c1cccc(C(F)(F)F)c1. The number of nitrogens with zero attached hydrogens (tertiary/aromatic N) is 3. The second kappa shape index (κ2) is 13.9. The predicted octanol–water partition coefficient (Wildman–Crippen LogP) is 6.75. The lowest BCUT2D eigenvalue weighted by Gasteiger charge is -2.47. The molecule has 0 bridgehead atoms. The predicted molar refractivity (Wildman–Crippen MR) is 165 cm³/mol. The second-order valence-electron chi connectivity index (χ2n) is 13.1. The molecule has 3 aliphatic rings. The van der Waals surface area contributed by atoms with Crippen LogP contribution in [0.4, 0.5) is 13.2 Å². The fourth-order valence-corrected chi connectivity index (χ4v) is 9.34. The maximum absolute atomic E-state index is 13.5. The molecule has 44 heavy (non-hydrogen) atoms. The Hall–Kier alpha value is -2.43. The van der Waals surface area contributed by atoms with E-state index in [1.54, 1.807) is 11.9 Å². The van der Waals surface area contributed by atoms with Gasteiger partial charge in [-0.3, -0.25) is 9.69 Å². The van der Waals surface area contributed by atoms with Crippen molar-refractivity contribution in [3.63, 3.8) is 0 Å². The summed E-state index contributed by atoms with van der Waals surface area (Å²) in [6.07, 6.45) is 6.44. The average molecular weight is 634 g/mol. The molecule has 242 valence electrons. The number of rotatable bonds is 10. The van der Waals surface area contributed by atoms with Crippen LogP contribution in [0.15, 0.2) is 59.5 Å². The molecule has 3 fully saturated rings. The Morgan fingerprint density at radius 3 is 2.30 bits per heavy atom. The first kappa shape index (κ1) is 32.9. The van der Waals surface area contributed by atoms with E-state index in [9.17, 15) is 26.4 Å². The zero-order chi connectivity index (χ0) is 31.4. The van der Waals surface area contributed by atoms with E-state index >= 15 is 0 Å². The minimum absolute atomic E-state index is 0.0362. The molecule has 2 aromatic carbocycles. The first-order chi connectivity index (χ1) is 21.0. The lowest BCUT2D eigenvalue weighted by atomic mass is 9.71. The number of benzene rings is 2. The van der Waals surface area contributed by atoms with Crippen LogP contribution in [0, 0.1) is 5.92 Å². The highest BCUT2D eigenvalue weighted by atomic mass is 32.2. The van der Waals surface area contributed by atoms with Gasteiger partial charge in [0.15, 0.2) is 0 Å². The third-order valence-electron chi connectivity index (χ3n) is 10.2. The molecule has 1 saturated carbocycles. The van der Waals surface area contributed by atoms with Crippen molar-refractivity contribution in [1.29, 1.82) is 0 Å². The van der Waals surface area contributed by atoms with Gasteiger partial charge in [-0.25, -0.2) is 8.42 Å². The van der Waals surface area contributed by atoms with E-state index in [-0.39, 0.29) is 29.3 Å². The van der Waals surface area contributed by atoms with Crippen molar-refractivity contribution in [1.82, 2.24) is 14.1 Å². The third kappa shape index (κ3) is 7.68. The largest absolute Gasteiger partial charge is 0.416 e. The van der Waals surface area contributed by atoms with Crippen molar-refractivity contribution in [2.75, 3.05) is 33.2 Å². The monoisotopic (exact) mass is 633 g/mol. The highest BCUT2D eigenvalue weighted by Gasteiger charge is 2.41. The Balaban J connectivity index is 1.16. The van der Waals surface area contributed by atoms with Crippen LogP contribution in [-0.4, -0.2) is 73.2 Å². The van der Waals surface area contributed by atoms with Crippen LogP contribution in [0.1, 0.15) is 81.8 Å². The Labute approximate surface area is 260 Å². The zero-order valence-electron chi connectivity index (χ0n) is 25.8. The number of likely N-dealkylation sites (tertiary alicyclic amines) is 1. The summed E-state index contributed by atoms with van der Waals surface area (Å²) < 4.78 is 68.0. The number of piperidine rings is 1. The second-order valence-corrected chi connectivity index (χ2v) is 15.0. The van der Waals surface area contributed by atoms with Crippen molar-refractivity contribution >= 4 is 15.9 Å². The van der Waals surface area contributed by atoms with Crippen LogP contribution in [0.3, 0.4) is 0 Å². The number of carbonyl (C=O) groups excluding carboxylic acids is 1. The Kier molecular flexibility index (Phi) is 10.4. The molecule has 1 unspecified atom stereocenters. The molecule has 0 radical (unpaired) electrons. The summed E-state index contributed by atoms with van der Waals surface area (Å²) in [5, 5.41) is 0. The maximum Gasteiger partial charge on any atom is 0.416 e. The van der Waals surface area contributed by atoms with Crippen LogP contribution in [0.25, 0.3) is 0 Å². The minimum atomic E-state index is -4.64. The van der Waals surface area contributed by atoms with E-state index in [4.69, 9.17) is 0 Å². The summed E-state index contributed by atoms with van der Waals surface area (Å²) in [6, 6.07) is 14.1. The molecule has 0 aromatic heterocycles. The number of amides is 1. The molecule has 2 saturated heterocycles. The topological polar surface area (TPSA) is 60.9 Å². The van der Waals surface area contributed by atoms with Gasteiger partial charge in [0.05, 0.1) is 10.5 Å². The van der Waals surface area contributed by atoms with Gasteiger partial charge < -0.3 is 4.90 Å². The first-order valence-electron chi connectivity index (χ1n) is 16.2. The fraction of sp³-hybridized carbons (Fsp3) is 0.618. The average Bonchev–Trinajstić information content (AvgIpc) is 3.57. The number of sulfonamides is 1. The molecule has 1 atom stereocenters. The molecule has 10 heteroatoms. The van der Waals surface area contributed by atoms with Crippen molar-refractivity contribution in [2.45, 2.75) is 99.7 Å². The van der Waals surface area contributed by atoms with Crippen molar-refractivity contribution in [3.8, 4) is 0 Å². The normalized spacial score (nSPS) is 25.6. The summed E-state index contributed by atoms with van der Waals surface area (Å²) in [6.45, 7) is 3.17. The number of hydrogen-bond donors (Lipinski definition) is 0. The summed E-state index contributed by atoms with van der Waals surface area (Å²) in [7, 11) is -2.40. The number of alkyl halides is 3. The molecule has 1 aliphatic carbocycles. The lowest BCUT2D eigenvalue weighted by Crippen LogP contribution is -2.51. The van der Waals surface area contributed by atoms with Crippen molar-refractivity contribution < 1.29 is 26.4 Å². The van der Waals surface area contributed by atoms with Crippen LogP contribution in [0.5, 0.6) is 0 Å². The van der Waals surface area contributed by atoms with Crippen LogP contribution in [0.2, 0.25) is 0 Å². The van der Waals surface area contributed by atoms with Crippen LogP contribution >= 0.6 is 0 Å². The number of hydrogen-bond acceptors (Lipinski definition) is 4. The molecule has 0 spiro atoms. The van der Waals surface area contributed by atoms with Crippen LogP contribution in [-0.2, 0) is 27.4 Å². The standard InChI is InChI=1S/C34H46F3N3O3S/c1-38(23-17-27-15-18-33(19-16-27,39-20-7-8-21-39)26-28-10-3-2-4-11-28)32(41)25-30-13-5-6-22-40(30)44(42,43)31-14-9-12-29(24-31)34(35,36)37/h2-4,9-12,14,24,27,30H,5-8,13,15-23,25-26H2,1H3. The molecule has 2 aromatic rings. The number of halogens is 3. The molecule has 2 heterocycles. The molecule has 5 rings (SSSR count).